The monoisotopic (exact) mass is 184 g/mol. The third kappa shape index (κ3) is 2.22. The minimum Gasteiger partial charge on any atom is -0.378 e. The van der Waals surface area contributed by atoms with Gasteiger partial charge in [-0.3, -0.25) is 4.90 Å². The Hall–Kier alpha value is -0.120. The normalized spacial score (nSPS) is 35.8. The molecule has 2 unspecified atom stereocenters. The fourth-order valence-electron chi connectivity index (χ4n) is 2.55. The molecule has 0 aromatic carbocycles. The summed E-state index contributed by atoms with van der Waals surface area (Å²) < 4.78 is 5.49. The van der Waals surface area contributed by atoms with Gasteiger partial charge in [0.2, 0.25) is 0 Å². The predicted molar refractivity (Wildman–Crippen MR) is 52.6 cm³/mol. The van der Waals surface area contributed by atoms with E-state index in [0.29, 0.717) is 6.04 Å². The topological polar surface area (TPSA) is 38.5 Å². The van der Waals surface area contributed by atoms with Gasteiger partial charge in [0.1, 0.15) is 0 Å². The second-order valence-electron chi connectivity index (χ2n) is 4.23. The Morgan fingerprint density at radius 1 is 1.38 bits per heavy atom. The third-order valence-electron chi connectivity index (χ3n) is 3.35. The van der Waals surface area contributed by atoms with Crippen molar-refractivity contribution in [1.29, 1.82) is 0 Å². The summed E-state index contributed by atoms with van der Waals surface area (Å²) in [6.07, 6.45) is 3.84. The Morgan fingerprint density at radius 2 is 2.31 bits per heavy atom. The van der Waals surface area contributed by atoms with Crippen molar-refractivity contribution < 1.29 is 4.74 Å². The van der Waals surface area contributed by atoms with Gasteiger partial charge in [0.05, 0.1) is 13.2 Å². The standard InChI is InChI=1S/C10H20N2O/c11-3-1-9-2-4-12-5-6-13-8-10(12)7-9/h9-10H,1-8,11H2. The fraction of sp³-hybridized carbons (Fsp3) is 1.00. The zero-order valence-corrected chi connectivity index (χ0v) is 8.24. The lowest BCUT2D eigenvalue weighted by atomic mass is 9.88. The Labute approximate surface area is 80.2 Å². The van der Waals surface area contributed by atoms with Crippen LogP contribution in [0.25, 0.3) is 0 Å². The van der Waals surface area contributed by atoms with Gasteiger partial charge in [-0.2, -0.15) is 0 Å². The minimum atomic E-state index is 0.694. The van der Waals surface area contributed by atoms with Gasteiger partial charge in [-0.25, -0.2) is 0 Å². The molecule has 2 aliphatic heterocycles. The van der Waals surface area contributed by atoms with E-state index >= 15 is 0 Å². The van der Waals surface area contributed by atoms with Crippen molar-refractivity contribution in [3.63, 3.8) is 0 Å². The lowest BCUT2D eigenvalue weighted by molar-refractivity contribution is -0.0355. The Bertz CT molecular complexity index is 163. The van der Waals surface area contributed by atoms with Crippen LogP contribution in [0.5, 0.6) is 0 Å². The van der Waals surface area contributed by atoms with Crippen LogP contribution in [0.3, 0.4) is 0 Å². The van der Waals surface area contributed by atoms with E-state index in [0.717, 1.165) is 32.2 Å². The second-order valence-corrected chi connectivity index (χ2v) is 4.23. The first-order chi connectivity index (χ1) is 6.40. The highest BCUT2D eigenvalue weighted by molar-refractivity contribution is 4.83. The van der Waals surface area contributed by atoms with Gasteiger partial charge in [-0.1, -0.05) is 0 Å². The Balaban J connectivity index is 1.84. The zero-order valence-electron chi connectivity index (χ0n) is 8.24. The quantitative estimate of drug-likeness (QED) is 0.677. The molecule has 0 spiro atoms. The highest BCUT2D eigenvalue weighted by Crippen LogP contribution is 2.26. The van der Waals surface area contributed by atoms with E-state index in [1.165, 1.54) is 25.8 Å². The average molecular weight is 184 g/mol. The number of hydrogen-bond acceptors (Lipinski definition) is 3. The van der Waals surface area contributed by atoms with Gasteiger partial charge in [-0.15, -0.1) is 0 Å². The number of piperidine rings is 1. The summed E-state index contributed by atoms with van der Waals surface area (Å²) in [7, 11) is 0. The summed E-state index contributed by atoms with van der Waals surface area (Å²) in [5, 5.41) is 0. The molecule has 2 N–H and O–H groups in total. The van der Waals surface area contributed by atoms with Gasteiger partial charge < -0.3 is 10.5 Å². The number of ether oxygens (including phenoxy) is 1. The van der Waals surface area contributed by atoms with E-state index in [9.17, 15) is 0 Å². The molecule has 2 heterocycles. The van der Waals surface area contributed by atoms with Crippen LogP contribution in [0.1, 0.15) is 19.3 Å². The van der Waals surface area contributed by atoms with E-state index in [1.54, 1.807) is 0 Å². The maximum Gasteiger partial charge on any atom is 0.0622 e. The first-order valence-electron chi connectivity index (χ1n) is 5.42. The molecule has 0 aromatic heterocycles. The van der Waals surface area contributed by atoms with Gasteiger partial charge in [0.25, 0.3) is 0 Å². The smallest absolute Gasteiger partial charge is 0.0622 e. The van der Waals surface area contributed by atoms with E-state index in [-0.39, 0.29) is 0 Å². The number of morpholine rings is 1. The number of fused-ring (bicyclic) bond motifs is 1. The van der Waals surface area contributed by atoms with E-state index < -0.39 is 0 Å². The molecule has 0 saturated carbocycles. The van der Waals surface area contributed by atoms with Crippen LogP contribution in [0, 0.1) is 5.92 Å². The summed E-state index contributed by atoms with van der Waals surface area (Å²) in [5.74, 6) is 0.855. The van der Waals surface area contributed by atoms with Crippen LogP contribution in [0.2, 0.25) is 0 Å². The average Bonchev–Trinajstić information content (AvgIpc) is 2.18. The molecule has 2 aliphatic rings. The highest BCUT2D eigenvalue weighted by atomic mass is 16.5. The molecule has 0 radical (unpaired) electrons. The lowest BCUT2D eigenvalue weighted by Gasteiger charge is -2.42. The molecule has 2 fully saturated rings. The summed E-state index contributed by atoms with van der Waals surface area (Å²) >= 11 is 0. The Kier molecular flexibility index (Phi) is 3.19. The molecule has 3 heteroatoms. The maximum atomic E-state index is 5.58. The van der Waals surface area contributed by atoms with Crippen molar-refractivity contribution in [2.75, 3.05) is 32.8 Å². The molecule has 2 rings (SSSR count). The van der Waals surface area contributed by atoms with Gasteiger partial charge in [-0.05, 0) is 38.3 Å². The molecule has 2 atom stereocenters. The summed E-state index contributed by atoms with van der Waals surface area (Å²) in [6.45, 7) is 5.12. The van der Waals surface area contributed by atoms with Crippen LogP contribution in [-0.4, -0.2) is 43.8 Å². The number of nitrogens with two attached hydrogens (primary N) is 1. The molecular weight excluding hydrogens is 164 g/mol. The van der Waals surface area contributed by atoms with Crippen molar-refractivity contribution in [1.82, 2.24) is 4.90 Å². The molecule has 0 aromatic rings. The van der Waals surface area contributed by atoms with E-state index in [4.69, 9.17) is 10.5 Å². The number of nitrogens with zero attached hydrogens (tertiary/aromatic N) is 1. The molecule has 0 bridgehead atoms. The molecule has 0 aliphatic carbocycles. The van der Waals surface area contributed by atoms with Crippen molar-refractivity contribution in [2.45, 2.75) is 25.3 Å². The van der Waals surface area contributed by atoms with Crippen molar-refractivity contribution in [3.8, 4) is 0 Å². The molecular formula is C10H20N2O. The van der Waals surface area contributed by atoms with Crippen molar-refractivity contribution in [2.24, 2.45) is 11.7 Å². The number of hydrogen-bond donors (Lipinski definition) is 1. The van der Waals surface area contributed by atoms with Crippen molar-refractivity contribution >= 4 is 0 Å². The summed E-state index contributed by atoms with van der Waals surface area (Å²) in [4.78, 5) is 2.58. The molecule has 13 heavy (non-hydrogen) atoms. The fourth-order valence-corrected chi connectivity index (χ4v) is 2.55. The first-order valence-corrected chi connectivity index (χ1v) is 5.42. The third-order valence-corrected chi connectivity index (χ3v) is 3.35. The van der Waals surface area contributed by atoms with Gasteiger partial charge >= 0.3 is 0 Å². The zero-order chi connectivity index (χ0) is 9.10. The van der Waals surface area contributed by atoms with Crippen LogP contribution < -0.4 is 5.73 Å². The molecule has 2 saturated heterocycles. The van der Waals surface area contributed by atoms with Crippen molar-refractivity contribution in [3.05, 3.63) is 0 Å². The molecule has 0 amide bonds. The summed E-state index contributed by atoms with van der Waals surface area (Å²) in [5.41, 5.74) is 5.58. The maximum absolute atomic E-state index is 5.58. The number of rotatable bonds is 2. The predicted octanol–water partition coefficient (Wildman–Crippen LogP) is 0.446. The van der Waals surface area contributed by atoms with Gasteiger partial charge in [0.15, 0.2) is 0 Å². The first kappa shape index (κ1) is 9.44. The van der Waals surface area contributed by atoms with E-state index in [2.05, 4.69) is 4.90 Å². The van der Waals surface area contributed by atoms with Crippen LogP contribution in [0.4, 0.5) is 0 Å². The molecule has 3 nitrogen and oxygen atoms in total. The Morgan fingerprint density at radius 3 is 3.15 bits per heavy atom. The van der Waals surface area contributed by atoms with Crippen LogP contribution in [0.15, 0.2) is 0 Å². The second kappa shape index (κ2) is 4.40. The molecule has 76 valence electrons. The van der Waals surface area contributed by atoms with Gasteiger partial charge in [0, 0.05) is 12.6 Å². The lowest BCUT2D eigenvalue weighted by Crippen LogP contribution is -2.50. The van der Waals surface area contributed by atoms with Crippen LogP contribution in [-0.2, 0) is 4.74 Å². The minimum absolute atomic E-state index is 0.694. The largest absolute Gasteiger partial charge is 0.378 e. The van der Waals surface area contributed by atoms with E-state index in [1.807, 2.05) is 0 Å². The van der Waals surface area contributed by atoms with Crippen LogP contribution >= 0.6 is 0 Å². The highest BCUT2D eigenvalue weighted by Gasteiger charge is 2.29. The SMILES string of the molecule is NCCC1CCN2CCOCC2C1. The summed E-state index contributed by atoms with van der Waals surface area (Å²) in [6, 6.07) is 0.694.